The van der Waals surface area contributed by atoms with Crippen molar-refractivity contribution in [2.75, 3.05) is 0 Å². The lowest BCUT2D eigenvalue weighted by Gasteiger charge is -1.96. The molecule has 18 heavy (non-hydrogen) atoms. The van der Waals surface area contributed by atoms with Crippen LogP contribution in [0.5, 0.6) is 0 Å². The second kappa shape index (κ2) is 3.47. The van der Waals surface area contributed by atoms with Gasteiger partial charge in [0, 0.05) is 10.9 Å². The number of benzene rings is 2. The first kappa shape index (κ1) is 9.48. The molecule has 2 aromatic heterocycles. The number of fused-ring (bicyclic) bond motifs is 2. The fourth-order valence-corrected chi connectivity index (χ4v) is 2.15. The molecular weight excluding hydrogens is 226 g/mol. The molecule has 0 fully saturated rings. The molecule has 85 valence electrons. The van der Waals surface area contributed by atoms with E-state index in [0.717, 1.165) is 27.8 Å². The first-order valence-corrected chi connectivity index (χ1v) is 5.66. The molecule has 3 heteroatoms. The Balaban J connectivity index is 2.04. The number of rotatable bonds is 1. The molecule has 0 saturated carbocycles. The van der Waals surface area contributed by atoms with Crippen LogP contribution in [0.3, 0.4) is 0 Å². The average molecular weight is 234 g/mol. The molecule has 3 nitrogen and oxygen atoms in total. The summed E-state index contributed by atoms with van der Waals surface area (Å²) >= 11 is 0. The molecular formula is C15H8NO2. The molecule has 4 aromatic rings. The van der Waals surface area contributed by atoms with Crippen molar-refractivity contribution in [1.29, 1.82) is 0 Å². The smallest absolute Gasteiger partial charge is 0.284 e. The maximum absolute atomic E-state index is 5.84. The van der Waals surface area contributed by atoms with Crippen LogP contribution >= 0.6 is 0 Å². The monoisotopic (exact) mass is 234 g/mol. The molecule has 0 unspecified atom stereocenters. The number of aromatic nitrogens is 1. The summed E-state index contributed by atoms with van der Waals surface area (Å²) in [6.07, 6.45) is 2.51. The Kier molecular flexibility index (Phi) is 1.83. The van der Waals surface area contributed by atoms with Crippen LogP contribution in [-0.4, -0.2) is 4.98 Å². The van der Waals surface area contributed by atoms with E-state index in [1.54, 1.807) is 0 Å². The molecule has 0 amide bonds. The van der Waals surface area contributed by atoms with Crippen LogP contribution in [0, 0.1) is 6.39 Å². The van der Waals surface area contributed by atoms with Gasteiger partial charge in [0.15, 0.2) is 5.58 Å². The average Bonchev–Trinajstić information content (AvgIpc) is 3.04. The van der Waals surface area contributed by atoms with E-state index in [4.69, 9.17) is 8.83 Å². The molecule has 2 heterocycles. The van der Waals surface area contributed by atoms with Crippen LogP contribution < -0.4 is 0 Å². The summed E-state index contributed by atoms with van der Waals surface area (Å²) in [5.41, 5.74) is 3.29. The van der Waals surface area contributed by atoms with Crippen molar-refractivity contribution >= 4 is 22.1 Å². The van der Waals surface area contributed by atoms with E-state index < -0.39 is 0 Å². The van der Waals surface area contributed by atoms with Crippen LogP contribution in [0.15, 0.2) is 57.4 Å². The van der Waals surface area contributed by atoms with Gasteiger partial charge in [0.25, 0.3) is 6.39 Å². The second-order valence-corrected chi connectivity index (χ2v) is 4.11. The topological polar surface area (TPSA) is 39.2 Å². The summed E-state index contributed by atoms with van der Waals surface area (Å²) < 4.78 is 11.0. The van der Waals surface area contributed by atoms with Crippen molar-refractivity contribution in [2.45, 2.75) is 0 Å². The lowest BCUT2D eigenvalue weighted by molar-refractivity contribution is 0.591. The first-order valence-electron chi connectivity index (χ1n) is 5.66. The minimum Gasteiger partial charge on any atom is -0.456 e. The van der Waals surface area contributed by atoms with Gasteiger partial charge in [0.2, 0.25) is 0 Å². The number of hydrogen-bond acceptors (Lipinski definition) is 3. The molecule has 0 bridgehead atoms. The predicted molar refractivity (Wildman–Crippen MR) is 68.1 cm³/mol. The second-order valence-electron chi connectivity index (χ2n) is 4.11. The Labute approximate surface area is 103 Å². The van der Waals surface area contributed by atoms with E-state index >= 15 is 0 Å². The minimum atomic E-state index is 0.716. The van der Waals surface area contributed by atoms with Crippen LogP contribution in [0.2, 0.25) is 0 Å². The summed E-state index contributed by atoms with van der Waals surface area (Å²) in [6, 6.07) is 15.7. The summed E-state index contributed by atoms with van der Waals surface area (Å²) in [6.45, 7) is 0. The zero-order chi connectivity index (χ0) is 11.9. The van der Waals surface area contributed by atoms with Crippen molar-refractivity contribution < 1.29 is 8.83 Å². The first-order chi connectivity index (χ1) is 8.92. The number of nitrogens with zero attached hydrogens (tertiary/aromatic N) is 1. The Morgan fingerprint density at radius 2 is 1.83 bits per heavy atom. The number of para-hydroxylation sites is 2. The third kappa shape index (κ3) is 1.27. The summed E-state index contributed by atoms with van der Waals surface area (Å²) in [5, 5.41) is 1.08. The van der Waals surface area contributed by atoms with Gasteiger partial charge in [-0.15, -0.1) is 0 Å². The van der Waals surface area contributed by atoms with Gasteiger partial charge in [0.1, 0.15) is 16.9 Å². The van der Waals surface area contributed by atoms with Crippen LogP contribution in [0.1, 0.15) is 0 Å². The number of hydrogen-bond donors (Lipinski definition) is 0. The van der Waals surface area contributed by atoms with Gasteiger partial charge < -0.3 is 8.83 Å². The van der Waals surface area contributed by atoms with E-state index in [1.807, 2.05) is 48.5 Å². The van der Waals surface area contributed by atoms with Crippen molar-refractivity contribution in [3.63, 3.8) is 0 Å². The van der Waals surface area contributed by atoms with E-state index in [1.165, 1.54) is 0 Å². The molecule has 0 N–H and O–H groups in total. The molecule has 0 aliphatic carbocycles. The van der Waals surface area contributed by atoms with Crippen molar-refractivity contribution in [3.8, 4) is 11.3 Å². The van der Waals surface area contributed by atoms with Gasteiger partial charge in [-0.1, -0.05) is 24.3 Å². The Morgan fingerprint density at radius 3 is 2.78 bits per heavy atom. The summed E-state index contributed by atoms with van der Waals surface area (Å²) in [4.78, 5) is 4.11. The van der Waals surface area contributed by atoms with Crippen LogP contribution in [0.4, 0.5) is 0 Å². The van der Waals surface area contributed by atoms with Gasteiger partial charge in [-0.05, 0) is 24.3 Å². The van der Waals surface area contributed by atoms with E-state index in [0.29, 0.717) is 5.58 Å². The van der Waals surface area contributed by atoms with E-state index in [9.17, 15) is 0 Å². The zero-order valence-corrected chi connectivity index (χ0v) is 9.38. The molecule has 4 rings (SSSR count). The third-order valence-corrected chi connectivity index (χ3v) is 3.00. The maximum Gasteiger partial charge on any atom is 0.284 e. The highest BCUT2D eigenvalue weighted by molar-refractivity contribution is 5.92. The number of oxazole rings is 1. The molecule has 0 aliphatic heterocycles. The lowest BCUT2D eigenvalue weighted by Crippen LogP contribution is -1.76. The fraction of sp³-hybridized carbons (Fsp3) is 0. The van der Waals surface area contributed by atoms with Gasteiger partial charge in [-0.25, -0.2) is 4.98 Å². The van der Waals surface area contributed by atoms with E-state index in [-0.39, 0.29) is 0 Å². The van der Waals surface area contributed by atoms with Gasteiger partial charge >= 0.3 is 0 Å². The van der Waals surface area contributed by atoms with Crippen molar-refractivity contribution in [2.24, 2.45) is 0 Å². The highest BCUT2D eigenvalue weighted by atomic mass is 16.3. The third-order valence-electron chi connectivity index (χ3n) is 3.00. The molecule has 0 atom stereocenters. The zero-order valence-electron chi connectivity index (χ0n) is 9.38. The standard InChI is InChI=1S/C15H8NO2/c1-2-6-12-10(4-1)8-14(18-12)11-5-3-7-13-15(11)16-9-17-13/h1-8H. The maximum atomic E-state index is 5.84. The predicted octanol–water partition coefficient (Wildman–Crippen LogP) is 4.04. The highest BCUT2D eigenvalue weighted by Crippen LogP contribution is 2.31. The molecule has 0 aliphatic rings. The molecule has 0 saturated heterocycles. The Bertz CT molecular complexity index is 809. The molecule has 2 aromatic carbocycles. The van der Waals surface area contributed by atoms with Crippen molar-refractivity contribution in [1.82, 2.24) is 4.98 Å². The largest absolute Gasteiger partial charge is 0.456 e. The highest BCUT2D eigenvalue weighted by Gasteiger charge is 2.11. The van der Waals surface area contributed by atoms with Crippen LogP contribution in [0.25, 0.3) is 33.4 Å². The van der Waals surface area contributed by atoms with Gasteiger partial charge in [0.05, 0.1) is 0 Å². The molecule has 0 spiro atoms. The van der Waals surface area contributed by atoms with Crippen molar-refractivity contribution in [3.05, 3.63) is 54.9 Å². The SMILES string of the molecule is [c]1nc2c(-c3cc4ccccc4o3)cccc2o1. The minimum absolute atomic E-state index is 0.716. The summed E-state index contributed by atoms with van der Waals surface area (Å²) in [7, 11) is 0. The Morgan fingerprint density at radius 1 is 0.944 bits per heavy atom. The summed E-state index contributed by atoms with van der Waals surface area (Å²) in [5.74, 6) is 0.795. The number of furan rings is 1. The van der Waals surface area contributed by atoms with Gasteiger partial charge in [-0.2, -0.15) is 0 Å². The lowest BCUT2D eigenvalue weighted by atomic mass is 10.1. The fourth-order valence-electron chi connectivity index (χ4n) is 2.15. The van der Waals surface area contributed by atoms with Gasteiger partial charge in [-0.3, -0.25) is 0 Å². The van der Waals surface area contributed by atoms with Crippen LogP contribution in [-0.2, 0) is 0 Å². The normalized spacial score (nSPS) is 11.3. The van der Waals surface area contributed by atoms with E-state index in [2.05, 4.69) is 11.4 Å². The Hall–Kier alpha value is -2.55. The quantitative estimate of drug-likeness (QED) is 0.499. The molecule has 1 radical (unpaired) electrons.